The molecule has 0 saturated heterocycles. The molecular weight excluding hydrogens is 316 g/mol. The Hall–Kier alpha value is -2.67. The van der Waals surface area contributed by atoms with Gasteiger partial charge in [0.25, 0.3) is 5.56 Å². The number of nitrogens with one attached hydrogen (secondary N) is 2. The summed E-state index contributed by atoms with van der Waals surface area (Å²) in [5.74, 6) is -0.0821. The number of hydrogen-bond donors (Lipinski definition) is 3. The lowest BCUT2D eigenvalue weighted by molar-refractivity contribution is 0.100. The Morgan fingerprint density at radius 3 is 2.61 bits per heavy atom. The van der Waals surface area contributed by atoms with Crippen LogP contribution in [0, 0.1) is 18.6 Å². The lowest BCUT2D eigenvalue weighted by Crippen LogP contribution is -2.20. The van der Waals surface area contributed by atoms with Gasteiger partial charge in [0.1, 0.15) is 17.9 Å². The summed E-state index contributed by atoms with van der Waals surface area (Å²) in [7, 11) is 0. The van der Waals surface area contributed by atoms with Gasteiger partial charge in [-0.3, -0.25) is 14.6 Å². The number of aryl methyl sites for hydroxylation is 2. The van der Waals surface area contributed by atoms with E-state index in [0.717, 1.165) is 11.1 Å². The van der Waals surface area contributed by atoms with E-state index in [1.54, 1.807) is 6.07 Å². The number of ketones is 1. The van der Waals surface area contributed by atoms with Crippen molar-refractivity contribution in [2.75, 3.05) is 6.61 Å². The number of aromatic nitrogens is 2. The monoisotopic (exact) mass is 330 g/mol. The first-order valence-electron chi connectivity index (χ1n) is 6.91. The lowest BCUT2D eigenvalue weighted by atomic mass is 9.95. The van der Waals surface area contributed by atoms with Crippen LogP contribution in [0.4, 0.5) is 0 Å². The van der Waals surface area contributed by atoms with E-state index in [9.17, 15) is 14.7 Å². The molecule has 0 unspecified atom stereocenters. The van der Waals surface area contributed by atoms with Crippen LogP contribution in [0.3, 0.4) is 0 Å². The van der Waals surface area contributed by atoms with Crippen LogP contribution < -0.4 is 10.3 Å². The molecule has 3 rings (SSSR count). The van der Waals surface area contributed by atoms with E-state index in [4.69, 9.17) is 17.0 Å². The molecule has 1 aromatic heterocycles. The van der Waals surface area contributed by atoms with Crippen LogP contribution in [0.2, 0.25) is 0 Å². The molecule has 0 amide bonds. The predicted octanol–water partition coefficient (Wildman–Crippen LogP) is 2.41. The minimum atomic E-state index is -0.572. The fourth-order valence-corrected chi connectivity index (χ4v) is 2.57. The van der Waals surface area contributed by atoms with Crippen molar-refractivity contribution in [3.05, 3.63) is 55.1 Å². The van der Waals surface area contributed by atoms with Gasteiger partial charge in [-0.1, -0.05) is 0 Å². The average molecular weight is 330 g/mol. The number of aromatic hydroxyl groups is 1. The predicted molar refractivity (Wildman–Crippen MR) is 87.6 cm³/mol. The van der Waals surface area contributed by atoms with Gasteiger partial charge >= 0.3 is 0 Å². The Morgan fingerprint density at radius 2 is 1.91 bits per heavy atom. The van der Waals surface area contributed by atoms with Gasteiger partial charge in [0.15, 0.2) is 10.6 Å². The van der Waals surface area contributed by atoms with Crippen LogP contribution in [0.15, 0.2) is 22.5 Å². The zero-order valence-corrected chi connectivity index (χ0v) is 13.3. The molecule has 1 aliphatic heterocycles. The molecule has 0 radical (unpaired) electrons. The van der Waals surface area contributed by atoms with E-state index in [0.29, 0.717) is 11.3 Å². The lowest BCUT2D eigenvalue weighted by Gasteiger charge is -2.20. The van der Waals surface area contributed by atoms with Crippen molar-refractivity contribution < 1.29 is 14.6 Å². The van der Waals surface area contributed by atoms with Gasteiger partial charge in [0, 0.05) is 5.57 Å². The Morgan fingerprint density at radius 1 is 1.22 bits per heavy atom. The van der Waals surface area contributed by atoms with E-state index in [2.05, 4.69) is 9.97 Å². The second kappa shape index (κ2) is 5.51. The Bertz CT molecular complexity index is 969. The van der Waals surface area contributed by atoms with Crippen molar-refractivity contribution in [1.82, 2.24) is 9.97 Å². The van der Waals surface area contributed by atoms with E-state index in [1.165, 1.54) is 6.08 Å². The first kappa shape index (κ1) is 15.2. The molecule has 1 aromatic carbocycles. The molecule has 3 N–H and O–H groups in total. The fraction of sp³-hybridized carbons (Fsp3) is 0.188. The van der Waals surface area contributed by atoms with Gasteiger partial charge in [0.2, 0.25) is 5.88 Å². The van der Waals surface area contributed by atoms with Crippen LogP contribution >= 0.6 is 12.2 Å². The third-order valence-electron chi connectivity index (χ3n) is 3.79. The highest BCUT2D eigenvalue weighted by atomic mass is 32.1. The van der Waals surface area contributed by atoms with E-state index in [-0.39, 0.29) is 34.2 Å². The second-order valence-corrected chi connectivity index (χ2v) is 5.80. The normalized spacial score (nSPS) is 15.4. The number of Topliss-reactive ketones (excluding diaryl/α,β-unsaturated/α-hetero) is 1. The molecule has 0 bridgehead atoms. The molecule has 6 nitrogen and oxygen atoms in total. The third kappa shape index (κ3) is 2.70. The zero-order chi connectivity index (χ0) is 16.7. The number of rotatable bonds is 1. The van der Waals surface area contributed by atoms with Gasteiger partial charge in [-0.25, -0.2) is 0 Å². The summed E-state index contributed by atoms with van der Waals surface area (Å²) < 4.78 is 5.62. The molecule has 0 atom stereocenters. The molecule has 0 saturated carbocycles. The molecule has 118 valence electrons. The number of fused-ring (bicyclic) bond motifs is 1. The highest BCUT2D eigenvalue weighted by Gasteiger charge is 2.24. The highest BCUT2D eigenvalue weighted by Crippen LogP contribution is 2.30. The molecule has 0 aliphatic carbocycles. The summed E-state index contributed by atoms with van der Waals surface area (Å²) in [5, 5.41) is 9.83. The summed E-state index contributed by atoms with van der Waals surface area (Å²) in [5.41, 5.74) is 2.12. The van der Waals surface area contributed by atoms with Crippen molar-refractivity contribution in [3.8, 4) is 11.6 Å². The minimum Gasteiger partial charge on any atom is -0.494 e. The maximum Gasteiger partial charge on any atom is 0.262 e. The van der Waals surface area contributed by atoms with Gasteiger partial charge in [-0.15, -0.1) is 0 Å². The number of carbonyl (C=O) groups excluding carboxylic acids is 1. The molecule has 2 heterocycles. The topological polar surface area (TPSA) is 95.2 Å². The Labute approximate surface area is 136 Å². The number of ether oxygens (including phenoxy) is 1. The molecule has 7 heteroatoms. The molecule has 23 heavy (non-hydrogen) atoms. The van der Waals surface area contributed by atoms with Crippen LogP contribution in [0.25, 0.3) is 6.08 Å². The maximum atomic E-state index is 12.6. The molecule has 0 fully saturated rings. The standard InChI is InChI=1S/C16H14N2O4S/c1-7-3-10-12(4-8(7)2)22-6-9(13(10)19)5-11-14(20)17-16(23)18-15(11)21/h3-5H,6H2,1-2H3,(H3,17,18,20,21,23). The molecule has 0 spiro atoms. The van der Waals surface area contributed by atoms with Gasteiger partial charge < -0.3 is 14.8 Å². The number of hydrogen-bond acceptors (Lipinski definition) is 5. The zero-order valence-electron chi connectivity index (χ0n) is 12.5. The summed E-state index contributed by atoms with van der Waals surface area (Å²) >= 11 is 4.77. The van der Waals surface area contributed by atoms with Crippen molar-refractivity contribution in [3.63, 3.8) is 0 Å². The quantitative estimate of drug-likeness (QED) is 0.551. The number of H-pyrrole nitrogens is 2. The minimum absolute atomic E-state index is 0.0114. The van der Waals surface area contributed by atoms with Crippen LogP contribution in [-0.2, 0) is 0 Å². The first-order chi connectivity index (χ1) is 10.9. The number of carbonyl (C=O) groups is 1. The van der Waals surface area contributed by atoms with Gasteiger partial charge in [0.05, 0.1) is 5.56 Å². The van der Waals surface area contributed by atoms with Gasteiger partial charge in [-0.2, -0.15) is 0 Å². The van der Waals surface area contributed by atoms with Gasteiger partial charge in [-0.05, 0) is 55.4 Å². The van der Waals surface area contributed by atoms with Crippen molar-refractivity contribution in [2.45, 2.75) is 13.8 Å². The van der Waals surface area contributed by atoms with Crippen LogP contribution in [0.5, 0.6) is 11.6 Å². The van der Waals surface area contributed by atoms with Crippen LogP contribution in [-0.4, -0.2) is 27.5 Å². The van der Waals surface area contributed by atoms with E-state index >= 15 is 0 Å². The summed E-state index contributed by atoms with van der Waals surface area (Å²) in [6.45, 7) is 3.89. The molecular formula is C16H14N2O4S. The van der Waals surface area contributed by atoms with Crippen molar-refractivity contribution in [1.29, 1.82) is 0 Å². The SMILES string of the molecule is Cc1cc2c(cc1C)C(=O)C(=Cc1c(O)[nH]c(=S)[nH]c1=O)CO2. The third-order valence-corrected chi connectivity index (χ3v) is 4.00. The summed E-state index contributed by atoms with van der Waals surface area (Å²) in [6.07, 6.45) is 1.32. The van der Waals surface area contributed by atoms with Crippen molar-refractivity contribution >= 4 is 24.1 Å². The summed E-state index contributed by atoms with van der Waals surface area (Å²) in [6, 6.07) is 3.59. The average Bonchev–Trinajstić information content (AvgIpc) is 2.47. The Kier molecular flexibility index (Phi) is 3.65. The number of benzene rings is 1. The summed E-state index contributed by atoms with van der Waals surface area (Å²) in [4.78, 5) is 29.3. The molecule has 1 aliphatic rings. The first-order valence-corrected chi connectivity index (χ1v) is 7.32. The number of aromatic amines is 2. The van der Waals surface area contributed by atoms with E-state index in [1.807, 2.05) is 19.9 Å². The maximum absolute atomic E-state index is 12.6. The van der Waals surface area contributed by atoms with Crippen molar-refractivity contribution in [2.24, 2.45) is 0 Å². The largest absolute Gasteiger partial charge is 0.494 e. The fourth-order valence-electron chi connectivity index (χ4n) is 2.38. The van der Waals surface area contributed by atoms with Crippen LogP contribution in [0.1, 0.15) is 27.0 Å². The second-order valence-electron chi connectivity index (χ2n) is 5.39. The highest BCUT2D eigenvalue weighted by molar-refractivity contribution is 7.71. The molecule has 2 aromatic rings. The smallest absolute Gasteiger partial charge is 0.262 e. The van der Waals surface area contributed by atoms with E-state index < -0.39 is 5.56 Å². The Balaban J connectivity index is 2.10.